The van der Waals surface area contributed by atoms with Crippen LogP contribution in [0.25, 0.3) is 11.3 Å². The van der Waals surface area contributed by atoms with Gasteiger partial charge in [0.05, 0.1) is 18.8 Å². The zero-order chi connectivity index (χ0) is 23.7. The number of oxazole rings is 1. The van der Waals surface area contributed by atoms with Gasteiger partial charge < -0.3 is 19.6 Å². The van der Waals surface area contributed by atoms with Crippen LogP contribution < -0.4 is 5.32 Å². The average molecular weight is 455 g/mol. The Kier molecular flexibility index (Phi) is 5.51. The quantitative estimate of drug-likeness (QED) is 0.475. The van der Waals surface area contributed by atoms with Crippen molar-refractivity contribution < 1.29 is 18.8 Å². The van der Waals surface area contributed by atoms with Crippen molar-refractivity contribution in [1.29, 1.82) is 0 Å². The molecule has 0 bridgehead atoms. The van der Waals surface area contributed by atoms with Crippen LogP contribution in [0.3, 0.4) is 0 Å². The summed E-state index contributed by atoms with van der Waals surface area (Å²) in [6.07, 6.45) is 4.59. The summed E-state index contributed by atoms with van der Waals surface area (Å²) in [6.45, 7) is 1.60. The van der Waals surface area contributed by atoms with E-state index < -0.39 is 0 Å². The van der Waals surface area contributed by atoms with Gasteiger partial charge in [-0.3, -0.25) is 14.4 Å². The van der Waals surface area contributed by atoms with Gasteiger partial charge >= 0.3 is 0 Å². The first-order chi connectivity index (χ1) is 16.5. The molecule has 9 heteroatoms. The van der Waals surface area contributed by atoms with Gasteiger partial charge in [-0.05, 0) is 23.3 Å². The maximum atomic E-state index is 13.3. The predicted molar refractivity (Wildman–Crippen MR) is 123 cm³/mol. The number of anilines is 1. The molecule has 0 radical (unpaired) electrons. The number of benzene rings is 1. The van der Waals surface area contributed by atoms with Crippen molar-refractivity contribution >= 4 is 23.4 Å². The molecule has 0 aliphatic carbocycles. The molecule has 34 heavy (non-hydrogen) atoms. The van der Waals surface area contributed by atoms with Crippen LogP contribution in [0.1, 0.15) is 44.6 Å². The fourth-order valence-corrected chi connectivity index (χ4v) is 4.23. The molecule has 5 rings (SSSR count). The van der Waals surface area contributed by atoms with Gasteiger partial charge in [0.25, 0.3) is 5.91 Å². The first-order valence-corrected chi connectivity index (χ1v) is 10.7. The third kappa shape index (κ3) is 4.11. The number of hydrogen-bond acceptors (Lipinski definition) is 6. The van der Waals surface area contributed by atoms with Crippen molar-refractivity contribution in [2.75, 3.05) is 11.9 Å². The second-order valence-corrected chi connectivity index (χ2v) is 8.06. The highest BCUT2D eigenvalue weighted by atomic mass is 16.3. The molecule has 2 amide bonds. The van der Waals surface area contributed by atoms with Gasteiger partial charge in [0.2, 0.25) is 5.91 Å². The number of aromatic amines is 1. The molecule has 3 aromatic heterocycles. The molecule has 9 nitrogen and oxygen atoms in total. The van der Waals surface area contributed by atoms with Gasteiger partial charge in [-0.15, -0.1) is 0 Å². The Hall–Kier alpha value is -4.53. The predicted octanol–water partition coefficient (Wildman–Crippen LogP) is 3.45. The van der Waals surface area contributed by atoms with E-state index in [1.54, 1.807) is 12.3 Å². The molecular weight excluding hydrogens is 434 g/mol. The van der Waals surface area contributed by atoms with Crippen molar-refractivity contribution in [2.45, 2.75) is 19.9 Å². The van der Waals surface area contributed by atoms with Crippen LogP contribution in [0.2, 0.25) is 0 Å². The number of aromatic nitrogens is 3. The van der Waals surface area contributed by atoms with Crippen LogP contribution in [-0.4, -0.2) is 44.0 Å². The lowest BCUT2D eigenvalue weighted by molar-refractivity contribution is -0.114. The van der Waals surface area contributed by atoms with Crippen molar-refractivity contribution in [3.05, 3.63) is 89.4 Å². The van der Waals surface area contributed by atoms with Gasteiger partial charge in [0.1, 0.15) is 12.1 Å². The first kappa shape index (κ1) is 21.3. The van der Waals surface area contributed by atoms with Crippen molar-refractivity contribution in [2.24, 2.45) is 0 Å². The van der Waals surface area contributed by atoms with E-state index in [-0.39, 0.29) is 36.4 Å². The van der Waals surface area contributed by atoms with E-state index in [2.05, 4.69) is 20.3 Å². The summed E-state index contributed by atoms with van der Waals surface area (Å²) in [6, 6.07) is 13.4. The molecule has 0 atom stereocenters. The summed E-state index contributed by atoms with van der Waals surface area (Å²) in [7, 11) is 0. The SMILES string of the molecule is CC(=O)Nc1cc(-c2[nH]c3c(c2Cc2ccccc2)C(=O)CN(C(=O)c2cocn2)C3)ccn1. The van der Waals surface area contributed by atoms with Crippen LogP contribution in [0, 0.1) is 0 Å². The first-order valence-electron chi connectivity index (χ1n) is 10.7. The van der Waals surface area contributed by atoms with Gasteiger partial charge in [-0.25, -0.2) is 9.97 Å². The number of nitrogens with zero attached hydrogens (tertiary/aromatic N) is 3. The molecule has 0 saturated carbocycles. The molecule has 1 aromatic carbocycles. The topological polar surface area (TPSA) is 121 Å². The maximum absolute atomic E-state index is 13.3. The molecule has 4 heterocycles. The van der Waals surface area contributed by atoms with Gasteiger partial charge in [-0.2, -0.15) is 0 Å². The molecule has 170 valence electrons. The largest absolute Gasteiger partial charge is 0.451 e. The monoisotopic (exact) mass is 455 g/mol. The summed E-state index contributed by atoms with van der Waals surface area (Å²) in [5.74, 6) is -0.331. The van der Waals surface area contributed by atoms with Crippen LogP contribution in [0.4, 0.5) is 5.82 Å². The Morgan fingerprint density at radius 3 is 2.71 bits per heavy atom. The smallest absolute Gasteiger partial charge is 0.276 e. The fourth-order valence-electron chi connectivity index (χ4n) is 4.23. The number of pyridine rings is 1. The Bertz CT molecular complexity index is 1380. The highest BCUT2D eigenvalue weighted by Gasteiger charge is 2.33. The normalized spacial score (nSPS) is 13.0. The number of carbonyl (C=O) groups excluding carboxylic acids is 3. The number of H-pyrrole nitrogens is 1. The van der Waals surface area contributed by atoms with Gasteiger partial charge in [-0.1, -0.05) is 30.3 Å². The number of carbonyl (C=O) groups is 3. The Balaban J connectivity index is 1.58. The van der Waals surface area contributed by atoms with Crippen LogP contribution in [0.5, 0.6) is 0 Å². The second kappa shape index (κ2) is 8.78. The maximum Gasteiger partial charge on any atom is 0.276 e. The molecule has 0 saturated heterocycles. The summed E-state index contributed by atoms with van der Waals surface area (Å²) >= 11 is 0. The number of Topliss-reactive ketones (excluding diaryl/α,β-unsaturated/α-hetero) is 1. The number of fused-ring (bicyclic) bond motifs is 1. The van der Waals surface area contributed by atoms with Crippen molar-refractivity contribution in [1.82, 2.24) is 19.9 Å². The van der Waals surface area contributed by atoms with E-state index >= 15 is 0 Å². The Labute approximate surface area is 194 Å². The average Bonchev–Trinajstić information content (AvgIpc) is 3.48. The van der Waals surface area contributed by atoms with E-state index in [4.69, 9.17) is 4.42 Å². The zero-order valence-electron chi connectivity index (χ0n) is 18.4. The molecule has 4 aromatic rings. The third-order valence-corrected chi connectivity index (χ3v) is 5.66. The second-order valence-electron chi connectivity index (χ2n) is 8.06. The molecule has 0 unspecified atom stereocenters. The van der Waals surface area contributed by atoms with E-state index in [1.165, 1.54) is 24.5 Å². The Morgan fingerprint density at radius 1 is 1.15 bits per heavy atom. The number of amides is 2. The van der Waals surface area contributed by atoms with Crippen LogP contribution in [0.15, 0.2) is 65.7 Å². The van der Waals surface area contributed by atoms with E-state index in [1.807, 2.05) is 36.4 Å². The lowest BCUT2D eigenvalue weighted by Crippen LogP contribution is -2.39. The standard InChI is InChI=1S/C25H21N5O4/c1-15(31)28-22-10-17(7-8-26-22)24-18(9-16-5-3-2-4-6-16)23-19(29-24)11-30(12-21(23)32)25(33)20-13-34-14-27-20/h2-8,10,13-14,29H,9,11-12H2,1H3,(H,26,28,31). The number of nitrogens with one attached hydrogen (secondary N) is 2. The number of hydrogen-bond donors (Lipinski definition) is 2. The number of rotatable bonds is 5. The molecule has 2 N–H and O–H groups in total. The minimum atomic E-state index is -0.370. The highest BCUT2D eigenvalue weighted by Crippen LogP contribution is 2.34. The molecule has 1 aliphatic heterocycles. The summed E-state index contributed by atoms with van der Waals surface area (Å²) in [5.41, 5.74) is 4.85. The van der Waals surface area contributed by atoms with Crippen LogP contribution >= 0.6 is 0 Å². The zero-order valence-corrected chi connectivity index (χ0v) is 18.4. The van der Waals surface area contributed by atoms with Gasteiger partial charge in [0, 0.05) is 36.4 Å². The lowest BCUT2D eigenvalue weighted by Gasteiger charge is -2.25. The molecule has 0 fully saturated rings. The molecular formula is C25H21N5O4. The van der Waals surface area contributed by atoms with Gasteiger partial charge in [0.15, 0.2) is 17.9 Å². The van der Waals surface area contributed by atoms with E-state index in [9.17, 15) is 14.4 Å². The Morgan fingerprint density at radius 2 is 1.97 bits per heavy atom. The van der Waals surface area contributed by atoms with E-state index in [0.29, 0.717) is 23.5 Å². The summed E-state index contributed by atoms with van der Waals surface area (Å²) in [4.78, 5) is 50.6. The molecule has 1 aliphatic rings. The van der Waals surface area contributed by atoms with Crippen molar-refractivity contribution in [3.63, 3.8) is 0 Å². The number of ketones is 1. The third-order valence-electron chi connectivity index (χ3n) is 5.66. The van der Waals surface area contributed by atoms with Crippen LogP contribution in [-0.2, 0) is 17.8 Å². The van der Waals surface area contributed by atoms with E-state index in [0.717, 1.165) is 22.4 Å². The summed E-state index contributed by atoms with van der Waals surface area (Å²) in [5, 5.41) is 2.69. The lowest BCUT2D eigenvalue weighted by atomic mass is 9.93. The summed E-state index contributed by atoms with van der Waals surface area (Å²) < 4.78 is 4.92. The van der Waals surface area contributed by atoms with Crippen molar-refractivity contribution in [3.8, 4) is 11.3 Å². The minimum Gasteiger partial charge on any atom is -0.451 e. The fraction of sp³-hybridized carbons (Fsp3) is 0.160. The highest BCUT2D eigenvalue weighted by molar-refractivity contribution is 6.06. The molecule has 0 spiro atoms. The minimum absolute atomic E-state index is 0.0503.